The van der Waals surface area contributed by atoms with E-state index in [9.17, 15) is 0 Å². The van der Waals surface area contributed by atoms with Gasteiger partial charge in [-0.3, -0.25) is 4.98 Å². The molecule has 1 rings (SSSR count). The molecule has 0 aliphatic heterocycles. The predicted octanol–water partition coefficient (Wildman–Crippen LogP) is 3.20. The van der Waals surface area contributed by atoms with Gasteiger partial charge in [0.25, 0.3) is 0 Å². The van der Waals surface area contributed by atoms with Crippen molar-refractivity contribution in [1.82, 2.24) is 10.3 Å². The average Bonchev–Trinajstić information content (AvgIpc) is 2.37. The van der Waals surface area contributed by atoms with Crippen LogP contribution in [-0.2, 0) is 6.54 Å². The highest BCUT2D eigenvalue weighted by atomic mass is 15.1. The van der Waals surface area contributed by atoms with Crippen molar-refractivity contribution in [2.75, 3.05) is 11.4 Å². The number of hydrogen-bond acceptors (Lipinski definition) is 3. The molecule has 1 unspecified atom stereocenters. The van der Waals surface area contributed by atoms with E-state index >= 15 is 0 Å². The second-order valence-electron chi connectivity index (χ2n) is 5.08. The van der Waals surface area contributed by atoms with Gasteiger partial charge in [-0.25, -0.2) is 0 Å². The molecule has 3 heteroatoms. The van der Waals surface area contributed by atoms with Gasteiger partial charge in [0.1, 0.15) is 0 Å². The van der Waals surface area contributed by atoms with Crippen LogP contribution in [-0.4, -0.2) is 23.6 Å². The molecule has 3 nitrogen and oxygen atoms in total. The minimum absolute atomic E-state index is 0.493. The highest BCUT2D eigenvalue weighted by molar-refractivity contribution is 5.47. The van der Waals surface area contributed by atoms with Gasteiger partial charge in [-0.1, -0.05) is 20.8 Å². The Hall–Kier alpha value is -1.09. The van der Waals surface area contributed by atoms with Crippen LogP contribution in [0.25, 0.3) is 0 Å². The minimum atomic E-state index is 0.493. The third-order valence-electron chi connectivity index (χ3n) is 3.29. The first-order chi connectivity index (χ1) is 8.58. The fraction of sp³-hybridized carbons (Fsp3) is 0.667. The first kappa shape index (κ1) is 15.0. The maximum absolute atomic E-state index is 4.42. The van der Waals surface area contributed by atoms with Crippen LogP contribution in [0.4, 0.5) is 5.69 Å². The lowest BCUT2D eigenvalue weighted by Gasteiger charge is -2.29. The monoisotopic (exact) mass is 249 g/mol. The van der Waals surface area contributed by atoms with Gasteiger partial charge in [-0.15, -0.1) is 0 Å². The Bertz CT molecular complexity index is 349. The number of rotatable bonds is 7. The summed E-state index contributed by atoms with van der Waals surface area (Å²) in [5.74, 6) is 0. The minimum Gasteiger partial charge on any atom is -0.369 e. The number of aromatic nitrogens is 1. The fourth-order valence-electron chi connectivity index (χ4n) is 2.02. The Morgan fingerprint density at radius 2 is 2.00 bits per heavy atom. The SMILES string of the molecule is CCC(C)N(CC)c1ccnc(CNC(C)C)c1. The van der Waals surface area contributed by atoms with Gasteiger partial charge in [-0.2, -0.15) is 0 Å². The Balaban J connectivity index is 2.79. The van der Waals surface area contributed by atoms with Gasteiger partial charge in [0.15, 0.2) is 0 Å². The molecule has 0 radical (unpaired) electrons. The highest BCUT2D eigenvalue weighted by Gasteiger charge is 2.11. The lowest BCUT2D eigenvalue weighted by molar-refractivity contribution is 0.580. The summed E-state index contributed by atoms with van der Waals surface area (Å²) in [4.78, 5) is 6.86. The summed E-state index contributed by atoms with van der Waals surface area (Å²) in [5.41, 5.74) is 2.39. The Kier molecular flexibility index (Phi) is 6.13. The second-order valence-corrected chi connectivity index (χ2v) is 5.08. The summed E-state index contributed by atoms with van der Waals surface area (Å²) in [5, 5.41) is 3.41. The molecule has 0 saturated carbocycles. The van der Waals surface area contributed by atoms with E-state index in [1.54, 1.807) is 0 Å². The summed E-state index contributed by atoms with van der Waals surface area (Å²) in [7, 11) is 0. The Labute approximate surface area is 112 Å². The molecule has 1 N–H and O–H groups in total. The number of anilines is 1. The number of nitrogens with one attached hydrogen (secondary N) is 1. The van der Waals surface area contributed by atoms with E-state index in [2.05, 4.69) is 62.0 Å². The van der Waals surface area contributed by atoms with E-state index in [-0.39, 0.29) is 0 Å². The molecule has 0 aromatic carbocycles. The number of hydrogen-bond donors (Lipinski definition) is 1. The van der Waals surface area contributed by atoms with Crippen LogP contribution < -0.4 is 10.2 Å². The molecule has 0 fully saturated rings. The molecule has 0 spiro atoms. The van der Waals surface area contributed by atoms with Crippen LogP contribution in [0, 0.1) is 0 Å². The molecular formula is C15H27N3. The van der Waals surface area contributed by atoms with E-state index in [0.717, 1.165) is 25.2 Å². The maximum Gasteiger partial charge on any atom is 0.0562 e. The van der Waals surface area contributed by atoms with Gasteiger partial charge in [0, 0.05) is 37.1 Å². The zero-order valence-corrected chi connectivity index (χ0v) is 12.4. The van der Waals surface area contributed by atoms with Crippen LogP contribution in [0.2, 0.25) is 0 Å². The van der Waals surface area contributed by atoms with Gasteiger partial charge in [-0.05, 0) is 32.4 Å². The third kappa shape index (κ3) is 4.30. The molecule has 0 aliphatic rings. The standard InChI is InChI=1S/C15H27N3/c1-6-13(5)18(7-2)15-8-9-16-14(10-15)11-17-12(3)4/h8-10,12-13,17H,6-7,11H2,1-5H3. The van der Waals surface area contributed by atoms with Crippen LogP contribution in [0.5, 0.6) is 0 Å². The zero-order chi connectivity index (χ0) is 13.5. The lowest BCUT2D eigenvalue weighted by atomic mass is 10.2. The van der Waals surface area contributed by atoms with Crippen molar-refractivity contribution < 1.29 is 0 Å². The predicted molar refractivity (Wildman–Crippen MR) is 79.0 cm³/mol. The van der Waals surface area contributed by atoms with Crippen molar-refractivity contribution in [3.05, 3.63) is 24.0 Å². The Morgan fingerprint density at radius 1 is 1.28 bits per heavy atom. The molecule has 1 atom stereocenters. The zero-order valence-electron chi connectivity index (χ0n) is 12.4. The van der Waals surface area contributed by atoms with E-state index in [1.165, 1.54) is 5.69 Å². The van der Waals surface area contributed by atoms with Gasteiger partial charge in [0.05, 0.1) is 5.69 Å². The number of pyridine rings is 1. The largest absolute Gasteiger partial charge is 0.369 e. The van der Waals surface area contributed by atoms with Crippen LogP contribution in [0.15, 0.2) is 18.3 Å². The molecule has 102 valence electrons. The van der Waals surface area contributed by atoms with E-state index in [4.69, 9.17) is 0 Å². The van der Waals surface area contributed by atoms with Gasteiger partial charge >= 0.3 is 0 Å². The smallest absolute Gasteiger partial charge is 0.0562 e. The van der Waals surface area contributed by atoms with Crippen LogP contribution >= 0.6 is 0 Å². The van der Waals surface area contributed by atoms with Gasteiger partial charge in [0.2, 0.25) is 0 Å². The summed E-state index contributed by atoms with van der Waals surface area (Å²) in [6.07, 6.45) is 3.08. The highest BCUT2D eigenvalue weighted by Crippen LogP contribution is 2.18. The molecule has 0 bridgehead atoms. The van der Waals surface area contributed by atoms with Crippen molar-refractivity contribution in [3.8, 4) is 0 Å². The summed E-state index contributed by atoms with van der Waals surface area (Å²) >= 11 is 0. The molecule has 1 heterocycles. The second kappa shape index (κ2) is 7.37. The van der Waals surface area contributed by atoms with Crippen molar-refractivity contribution in [2.24, 2.45) is 0 Å². The quantitative estimate of drug-likeness (QED) is 0.804. The topological polar surface area (TPSA) is 28.2 Å². The first-order valence-electron chi connectivity index (χ1n) is 7.03. The normalized spacial score (nSPS) is 12.8. The van der Waals surface area contributed by atoms with Crippen molar-refractivity contribution in [1.29, 1.82) is 0 Å². The summed E-state index contributed by atoms with van der Waals surface area (Å²) in [6.45, 7) is 12.9. The maximum atomic E-state index is 4.42. The number of nitrogens with zero attached hydrogens (tertiary/aromatic N) is 2. The van der Waals surface area contributed by atoms with Crippen molar-refractivity contribution in [3.63, 3.8) is 0 Å². The average molecular weight is 249 g/mol. The summed E-state index contributed by atoms with van der Waals surface area (Å²) < 4.78 is 0. The molecule has 0 aliphatic carbocycles. The summed E-state index contributed by atoms with van der Waals surface area (Å²) in [6, 6.07) is 5.37. The fourth-order valence-corrected chi connectivity index (χ4v) is 2.02. The van der Waals surface area contributed by atoms with Crippen molar-refractivity contribution in [2.45, 2.75) is 59.7 Å². The molecule has 0 amide bonds. The molecule has 1 aromatic heterocycles. The van der Waals surface area contributed by atoms with E-state index < -0.39 is 0 Å². The molecule has 1 aromatic rings. The van der Waals surface area contributed by atoms with E-state index in [1.807, 2.05) is 6.20 Å². The lowest BCUT2D eigenvalue weighted by Crippen LogP contribution is -2.32. The van der Waals surface area contributed by atoms with Crippen LogP contribution in [0.1, 0.15) is 46.7 Å². The Morgan fingerprint density at radius 3 is 2.56 bits per heavy atom. The third-order valence-corrected chi connectivity index (χ3v) is 3.29. The van der Waals surface area contributed by atoms with E-state index in [0.29, 0.717) is 12.1 Å². The van der Waals surface area contributed by atoms with Gasteiger partial charge < -0.3 is 10.2 Å². The first-order valence-corrected chi connectivity index (χ1v) is 7.03. The van der Waals surface area contributed by atoms with Crippen LogP contribution in [0.3, 0.4) is 0 Å². The molecule has 0 saturated heterocycles. The molecule has 18 heavy (non-hydrogen) atoms. The molecular weight excluding hydrogens is 222 g/mol. The van der Waals surface area contributed by atoms with Crippen molar-refractivity contribution >= 4 is 5.69 Å².